The maximum Gasteiger partial charge on any atom is 0.325 e. The number of aryl methyl sites for hydroxylation is 1. The second kappa shape index (κ2) is 7.56. The summed E-state index contributed by atoms with van der Waals surface area (Å²) in [6.07, 6.45) is 2.64. The minimum atomic E-state index is -0.858. The molecule has 0 bridgehead atoms. The Labute approximate surface area is 119 Å². The third-order valence-electron chi connectivity index (χ3n) is 3.00. The second-order valence-corrected chi connectivity index (χ2v) is 6.20. The number of hydrogen-bond acceptors (Lipinski definition) is 4. The van der Waals surface area contributed by atoms with Crippen molar-refractivity contribution in [1.29, 1.82) is 0 Å². The number of benzene rings is 1. The number of esters is 1. The van der Waals surface area contributed by atoms with Gasteiger partial charge in [-0.25, -0.2) is 0 Å². The van der Waals surface area contributed by atoms with Gasteiger partial charge in [0.1, 0.15) is 5.54 Å². The Bertz CT molecular complexity index is 418. The van der Waals surface area contributed by atoms with Crippen molar-refractivity contribution < 1.29 is 9.53 Å². The number of unbranched alkanes of at least 4 members (excludes halogenated alkanes) is 1. The first kappa shape index (κ1) is 16.1. The topological polar surface area (TPSA) is 52.3 Å². The minimum absolute atomic E-state index is 0.334. The third-order valence-corrected chi connectivity index (χ3v) is 4.08. The van der Waals surface area contributed by atoms with Gasteiger partial charge in [-0.2, -0.15) is 0 Å². The molecule has 0 aliphatic heterocycles. The first-order valence-corrected chi connectivity index (χ1v) is 7.51. The van der Waals surface area contributed by atoms with Gasteiger partial charge >= 0.3 is 5.97 Å². The summed E-state index contributed by atoms with van der Waals surface area (Å²) in [5.41, 5.74) is 6.33. The Morgan fingerprint density at radius 2 is 2.16 bits per heavy atom. The molecule has 1 aromatic carbocycles. The van der Waals surface area contributed by atoms with E-state index < -0.39 is 5.54 Å². The molecule has 0 aromatic heterocycles. The molecule has 0 radical (unpaired) electrons. The summed E-state index contributed by atoms with van der Waals surface area (Å²) in [4.78, 5) is 12.7. The highest BCUT2D eigenvalue weighted by Gasteiger charge is 2.28. The molecule has 0 amide bonds. The molecule has 2 N–H and O–H groups in total. The highest BCUT2D eigenvalue weighted by Crippen LogP contribution is 2.21. The molecule has 1 unspecified atom stereocenters. The van der Waals surface area contributed by atoms with E-state index in [1.54, 1.807) is 6.92 Å². The Morgan fingerprint density at radius 3 is 2.79 bits per heavy atom. The molecule has 1 aromatic rings. The van der Waals surface area contributed by atoms with Gasteiger partial charge < -0.3 is 10.5 Å². The van der Waals surface area contributed by atoms with Crippen LogP contribution in [0.1, 0.15) is 31.7 Å². The number of nitrogens with two attached hydrogens (primary N) is 1. The molecule has 0 fully saturated rings. The maximum atomic E-state index is 11.4. The number of ether oxygens (including phenoxy) is 1. The van der Waals surface area contributed by atoms with Gasteiger partial charge in [0.15, 0.2) is 0 Å². The Hall–Kier alpha value is -1.00. The van der Waals surface area contributed by atoms with E-state index in [0.29, 0.717) is 6.42 Å². The van der Waals surface area contributed by atoms with Gasteiger partial charge in [0, 0.05) is 4.90 Å². The van der Waals surface area contributed by atoms with Crippen molar-refractivity contribution in [1.82, 2.24) is 0 Å². The standard InChI is InChI=1S/C15H23NO2S/c1-12-7-6-8-13(11-12)19-10-5-4-9-15(2,16)14(17)18-3/h6-8,11H,4-5,9-10,16H2,1-3H3. The van der Waals surface area contributed by atoms with E-state index in [9.17, 15) is 4.79 Å². The van der Waals surface area contributed by atoms with E-state index in [1.165, 1.54) is 17.6 Å². The summed E-state index contributed by atoms with van der Waals surface area (Å²) < 4.78 is 4.69. The van der Waals surface area contributed by atoms with Crippen LogP contribution in [0.5, 0.6) is 0 Å². The summed E-state index contributed by atoms with van der Waals surface area (Å²) >= 11 is 1.84. The largest absolute Gasteiger partial charge is 0.468 e. The fourth-order valence-corrected chi connectivity index (χ4v) is 2.85. The lowest BCUT2D eigenvalue weighted by molar-refractivity contribution is -0.146. The van der Waals surface area contributed by atoms with Gasteiger partial charge in [-0.1, -0.05) is 24.1 Å². The van der Waals surface area contributed by atoms with Gasteiger partial charge in [0.05, 0.1) is 7.11 Å². The summed E-state index contributed by atoms with van der Waals surface area (Å²) in [6, 6.07) is 8.48. The smallest absolute Gasteiger partial charge is 0.325 e. The Morgan fingerprint density at radius 1 is 1.42 bits per heavy atom. The van der Waals surface area contributed by atoms with Gasteiger partial charge in [0.2, 0.25) is 0 Å². The molecule has 0 saturated carbocycles. The van der Waals surface area contributed by atoms with Crippen LogP contribution >= 0.6 is 11.8 Å². The fraction of sp³-hybridized carbons (Fsp3) is 0.533. The molecule has 106 valence electrons. The monoisotopic (exact) mass is 281 g/mol. The Kier molecular flexibility index (Phi) is 6.38. The van der Waals surface area contributed by atoms with Crippen LogP contribution in [0.25, 0.3) is 0 Å². The third kappa shape index (κ3) is 5.66. The molecule has 0 aliphatic carbocycles. The van der Waals surface area contributed by atoms with Gasteiger partial charge in [-0.3, -0.25) is 4.79 Å². The summed E-state index contributed by atoms with van der Waals surface area (Å²) in [5, 5.41) is 0. The lowest BCUT2D eigenvalue weighted by Gasteiger charge is -2.20. The van der Waals surface area contributed by atoms with Crippen LogP contribution in [-0.4, -0.2) is 24.4 Å². The molecular formula is C15H23NO2S. The van der Waals surface area contributed by atoms with E-state index in [4.69, 9.17) is 5.73 Å². The van der Waals surface area contributed by atoms with Crippen LogP contribution in [0.2, 0.25) is 0 Å². The summed E-state index contributed by atoms with van der Waals surface area (Å²) in [5.74, 6) is 0.708. The molecule has 19 heavy (non-hydrogen) atoms. The van der Waals surface area contributed by atoms with Gasteiger partial charge in [0.25, 0.3) is 0 Å². The van der Waals surface area contributed by atoms with E-state index in [1.807, 2.05) is 11.8 Å². The van der Waals surface area contributed by atoms with Crippen LogP contribution < -0.4 is 5.73 Å². The molecule has 0 aliphatic rings. The van der Waals surface area contributed by atoms with Gasteiger partial charge in [-0.05, 0) is 44.6 Å². The fourth-order valence-electron chi connectivity index (χ4n) is 1.82. The highest BCUT2D eigenvalue weighted by atomic mass is 32.2. The predicted octanol–water partition coefficient (Wildman–Crippen LogP) is 3.15. The zero-order chi connectivity index (χ0) is 14.3. The van der Waals surface area contributed by atoms with Crippen molar-refractivity contribution in [3.8, 4) is 0 Å². The van der Waals surface area contributed by atoms with E-state index in [0.717, 1.165) is 18.6 Å². The zero-order valence-electron chi connectivity index (χ0n) is 11.9. The van der Waals surface area contributed by atoms with E-state index in [2.05, 4.69) is 35.9 Å². The lowest BCUT2D eigenvalue weighted by atomic mass is 9.97. The van der Waals surface area contributed by atoms with Crippen LogP contribution in [-0.2, 0) is 9.53 Å². The first-order valence-electron chi connectivity index (χ1n) is 6.52. The maximum absolute atomic E-state index is 11.4. The molecule has 4 heteroatoms. The quantitative estimate of drug-likeness (QED) is 0.474. The molecule has 0 spiro atoms. The Balaban J connectivity index is 2.23. The zero-order valence-corrected chi connectivity index (χ0v) is 12.8. The SMILES string of the molecule is COC(=O)C(C)(N)CCCCSc1cccc(C)c1. The highest BCUT2D eigenvalue weighted by molar-refractivity contribution is 7.99. The number of methoxy groups -OCH3 is 1. The molecule has 1 rings (SSSR count). The van der Waals surface area contributed by atoms with Crippen molar-refractivity contribution in [3.05, 3.63) is 29.8 Å². The molecule has 0 saturated heterocycles. The first-order chi connectivity index (χ1) is 8.95. The van der Waals surface area contributed by atoms with Crippen LogP contribution in [0, 0.1) is 6.92 Å². The average Bonchev–Trinajstić information content (AvgIpc) is 2.37. The van der Waals surface area contributed by atoms with Gasteiger partial charge in [-0.15, -0.1) is 11.8 Å². The van der Waals surface area contributed by atoms with Crippen molar-refractivity contribution in [2.24, 2.45) is 5.73 Å². The number of thioether (sulfide) groups is 1. The molecule has 1 atom stereocenters. The predicted molar refractivity (Wildman–Crippen MR) is 80.4 cm³/mol. The number of rotatable bonds is 7. The van der Waals surface area contributed by atoms with E-state index in [-0.39, 0.29) is 5.97 Å². The normalized spacial score (nSPS) is 13.9. The van der Waals surface area contributed by atoms with E-state index >= 15 is 0 Å². The number of carbonyl (C=O) groups excluding carboxylic acids is 1. The molecular weight excluding hydrogens is 258 g/mol. The van der Waals surface area contributed by atoms with Crippen LogP contribution in [0.15, 0.2) is 29.2 Å². The summed E-state index contributed by atoms with van der Waals surface area (Å²) in [6.45, 7) is 3.83. The minimum Gasteiger partial charge on any atom is -0.468 e. The van der Waals surface area contributed by atoms with Crippen molar-refractivity contribution in [3.63, 3.8) is 0 Å². The van der Waals surface area contributed by atoms with Crippen molar-refractivity contribution in [2.45, 2.75) is 43.5 Å². The van der Waals surface area contributed by atoms with Crippen LogP contribution in [0.4, 0.5) is 0 Å². The van der Waals surface area contributed by atoms with Crippen LogP contribution in [0.3, 0.4) is 0 Å². The summed E-state index contributed by atoms with van der Waals surface area (Å²) in [7, 11) is 1.38. The number of hydrogen-bond donors (Lipinski definition) is 1. The number of carbonyl (C=O) groups is 1. The second-order valence-electron chi connectivity index (χ2n) is 5.03. The lowest BCUT2D eigenvalue weighted by Crippen LogP contribution is -2.45. The molecule has 0 heterocycles. The molecule has 3 nitrogen and oxygen atoms in total. The van der Waals surface area contributed by atoms with Crippen molar-refractivity contribution in [2.75, 3.05) is 12.9 Å². The van der Waals surface area contributed by atoms with Crippen molar-refractivity contribution >= 4 is 17.7 Å². The average molecular weight is 281 g/mol.